The minimum atomic E-state index is -0.523. The standard InChI is InChI=1S/C15H12FN3O2S/c1-3-6-19-11-5-4-10(16)8-13(11)22-15(19)17-14(20)12-7-9(2)18-21-12/h3-5,7-8H,1,6H2,2H3. The van der Waals surface area contributed by atoms with Crippen molar-refractivity contribution in [3.05, 3.63) is 59.0 Å². The molecule has 3 rings (SSSR count). The van der Waals surface area contributed by atoms with Crippen molar-refractivity contribution in [2.45, 2.75) is 13.5 Å². The number of thiazole rings is 1. The van der Waals surface area contributed by atoms with E-state index in [1.807, 2.05) is 0 Å². The summed E-state index contributed by atoms with van der Waals surface area (Å²) in [7, 11) is 0. The fourth-order valence-electron chi connectivity index (χ4n) is 2.04. The van der Waals surface area contributed by atoms with Gasteiger partial charge in [-0.2, -0.15) is 4.99 Å². The molecule has 0 N–H and O–H groups in total. The van der Waals surface area contributed by atoms with Crippen LogP contribution in [0.15, 0.2) is 46.4 Å². The summed E-state index contributed by atoms with van der Waals surface area (Å²) in [4.78, 5) is 16.6. The molecule has 0 spiro atoms. The second-order valence-electron chi connectivity index (χ2n) is 4.65. The normalized spacial score (nSPS) is 12.0. The Labute approximate surface area is 129 Å². The van der Waals surface area contributed by atoms with Crippen LogP contribution in [-0.4, -0.2) is 15.6 Å². The Morgan fingerprint density at radius 3 is 3.05 bits per heavy atom. The van der Waals surface area contributed by atoms with E-state index in [1.54, 1.807) is 23.6 Å². The molecular weight excluding hydrogens is 305 g/mol. The molecule has 1 amide bonds. The van der Waals surface area contributed by atoms with Crippen LogP contribution in [0.1, 0.15) is 16.2 Å². The molecule has 3 aromatic rings. The molecule has 0 atom stereocenters. The lowest BCUT2D eigenvalue weighted by atomic mass is 10.3. The minimum absolute atomic E-state index is 0.0753. The maximum absolute atomic E-state index is 13.4. The second kappa shape index (κ2) is 5.69. The van der Waals surface area contributed by atoms with Crippen LogP contribution >= 0.6 is 11.3 Å². The highest BCUT2D eigenvalue weighted by Crippen LogP contribution is 2.19. The van der Waals surface area contributed by atoms with Gasteiger partial charge < -0.3 is 9.09 Å². The molecule has 0 aliphatic carbocycles. The molecule has 5 nitrogen and oxygen atoms in total. The number of fused-ring (bicyclic) bond motifs is 1. The summed E-state index contributed by atoms with van der Waals surface area (Å²) >= 11 is 1.23. The molecule has 2 heterocycles. The third-order valence-electron chi connectivity index (χ3n) is 2.99. The Kier molecular flexibility index (Phi) is 3.72. The molecule has 0 radical (unpaired) electrons. The van der Waals surface area contributed by atoms with Gasteiger partial charge in [-0.25, -0.2) is 4.39 Å². The Morgan fingerprint density at radius 2 is 2.36 bits per heavy atom. The van der Waals surface area contributed by atoms with Crippen LogP contribution in [0.25, 0.3) is 10.2 Å². The summed E-state index contributed by atoms with van der Waals surface area (Å²) < 4.78 is 20.8. The zero-order valence-corrected chi connectivity index (χ0v) is 12.6. The van der Waals surface area contributed by atoms with Gasteiger partial charge >= 0.3 is 5.91 Å². The number of aromatic nitrogens is 2. The highest BCUT2D eigenvalue weighted by molar-refractivity contribution is 7.16. The second-order valence-corrected chi connectivity index (χ2v) is 5.65. The lowest BCUT2D eigenvalue weighted by molar-refractivity contribution is 0.0962. The van der Waals surface area contributed by atoms with E-state index in [2.05, 4.69) is 16.7 Å². The molecule has 0 fully saturated rings. The number of nitrogens with zero attached hydrogens (tertiary/aromatic N) is 3. The van der Waals surface area contributed by atoms with Crippen molar-refractivity contribution in [1.29, 1.82) is 0 Å². The zero-order chi connectivity index (χ0) is 15.7. The molecule has 0 aliphatic rings. The van der Waals surface area contributed by atoms with Gasteiger partial charge in [-0.05, 0) is 25.1 Å². The third kappa shape index (κ3) is 2.62. The molecule has 0 saturated heterocycles. The van der Waals surface area contributed by atoms with Gasteiger partial charge in [0.15, 0.2) is 4.80 Å². The van der Waals surface area contributed by atoms with E-state index in [1.165, 1.54) is 29.5 Å². The van der Waals surface area contributed by atoms with Gasteiger partial charge in [0.25, 0.3) is 0 Å². The number of rotatable bonds is 3. The first-order valence-electron chi connectivity index (χ1n) is 6.50. The first-order valence-corrected chi connectivity index (χ1v) is 7.32. The van der Waals surface area contributed by atoms with Crippen molar-refractivity contribution in [1.82, 2.24) is 9.72 Å². The van der Waals surface area contributed by atoms with Gasteiger partial charge in [-0.3, -0.25) is 4.79 Å². The monoisotopic (exact) mass is 317 g/mol. The summed E-state index contributed by atoms with van der Waals surface area (Å²) in [6, 6.07) is 5.98. The molecule has 22 heavy (non-hydrogen) atoms. The van der Waals surface area contributed by atoms with Crippen LogP contribution in [0.4, 0.5) is 4.39 Å². The average molecular weight is 317 g/mol. The SMILES string of the molecule is C=CCn1c(=NC(=O)c2cc(C)no2)sc2cc(F)ccc21. The maximum atomic E-state index is 13.4. The fourth-order valence-corrected chi connectivity index (χ4v) is 3.11. The van der Waals surface area contributed by atoms with Crippen LogP contribution in [0, 0.1) is 12.7 Å². The summed E-state index contributed by atoms with van der Waals surface area (Å²) in [5.41, 5.74) is 1.41. The highest BCUT2D eigenvalue weighted by atomic mass is 32.1. The van der Waals surface area contributed by atoms with E-state index < -0.39 is 5.91 Å². The Bertz CT molecular complexity index is 936. The number of carbonyl (C=O) groups is 1. The highest BCUT2D eigenvalue weighted by Gasteiger charge is 2.12. The molecule has 2 aromatic heterocycles. The molecule has 0 bridgehead atoms. The molecule has 0 unspecified atom stereocenters. The van der Waals surface area contributed by atoms with Crippen molar-refractivity contribution >= 4 is 27.5 Å². The van der Waals surface area contributed by atoms with Gasteiger partial charge in [0.1, 0.15) is 5.82 Å². The Morgan fingerprint density at radius 1 is 1.55 bits per heavy atom. The number of benzene rings is 1. The molecule has 0 aliphatic heterocycles. The number of halogens is 1. The van der Waals surface area contributed by atoms with E-state index in [0.29, 0.717) is 21.7 Å². The largest absolute Gasteiger partial charge is 0.351 e. The Hall–Kier alpha value is -2.54. The van der Waals surface area contributed by atoms with Crippen molar-refractivity contribution in [2.24, 2.45) is 4.99 Å². The van der Waals surface area contributed by atoms with Gasteiger partial charge in [-0.1, -0.05) is 22.6 Å². The summed E-state index contributed by atoms with van der Waals surface area (Å²) in [5, 5.41) is 3.67. The van der Waals surface area contributed by atoms with Crippen LogP contribution < -0.4 is 4.80 Å². The minimum Gasteiger partial charge on any atom is -0.351 e. The lowest BCUT2D eigenvalue weighted by Crippen LogP contribution is -2.16. The molecule has 112 valence electrons. The van der Waals surface area contributed by atoms with Gasteiger partial charge in [-0.15, -0.1) is 6.58 Å². The predicted octanol–water partition coefficient (Wildman–Crippen LogP) is 3.07. The Balaban J connectivity index is 2.16. The maximum Gasteiger partial charge on any atom is 0.318 e. The van der Waals surface area contributed by atoms with E-state index in [4.69, 9.17) is 4.52 Å². The van der Waals surface area contributed by atoms with Gasteiger partial charge in [0, 0.05) is 12.6 Å². The number of hydrogen-bond donors (Lipinski definition) is 0. The first kappa shape index (κ1) is 14.4. The van der Waals surface area contributed by atoms with Crippen molar-refractivity contribution in [2.75, 3.05) is 0 Å². The van der Waals surface area contributed by atoms with E-state index in [9.17, 15) is 9.18 Å². The van der Waals surface area contributed by atoms with Crippen LogP contribution in [-0.2, 0) is 6.54 Å². The van der Waals surface area contributed by atoms with E-state index in [-0.39, 0.29) is 11.6 Å². The van der Waals surface area contributed by atoms with Crippen molar-refractivity contribution in [3.63, 3.8) is 0 Å². The van der Waals surface area contributed by atoms with Crippen LogP contribution in [0.5, 0.6) is 0 Å². The predicted molar refractivity (Wildman–Crippen MR) is 81.1 cm³/mol. The van der Waals surface area contributed by atoms with Crippen molar-refractivity contribution < 1.29 is 13.7 Å². The van der Waals surface area contributed by atoms with Crippen molar-refractivity contribution in [3.8, 4) is 0 Å². The van der Waals surface area contributed by atoms with Gasteiger partial charge in [0.05, 0.1) is 15.9 Å². The number of aryl methyl sites for hydroxylation is 1. The number of carbonyl (C=O) groups excluding carboxylic acids is 1. The van der Waals surface area contributed by atoms with Crippen LogP contribution in [0.2, 0.25) is 0 Å². The topological polar surface area (TPSA) is 60.4 Å². The molecule has 1 aromatic carbocycles. The summed E-state index contributed by atoms with van der Waals surface area (Å²) in [6.45, 7) is 5.88. The number of hydrogen-bond acceptors (Lipinski definition) is 4. The third-order valence-corrected chi connectivity index (χ3v) is 4.03. The fraction of sp³-hybridized carbons (Fsp3) is 0.133. The van der Waals surface area contributed by atoms with E-state index in [0.717, 1.165) is 5.52 Å². The lowest BCUT2D eigenvalue weighted by Gasteiger charge is -2.00. The van der Waals surface area contributed by atoms with Crippen LogP contribution in [0.3, 0.4) is 0 Å². The number of allylic oxidation sites excluding steroid dienone is 1. The quantitative estimate of drug-likeness (QED) is 0.698. The molecule has 0 saturated carbocycles. The molecular formula is C15H12FN3O2S. The summed E-state index contributed by atoms with van der Waals surface area (Å²) in [6.07, 6.45) is 1.69. The van der Waals surface area contributed by atoms with Gasteiger partial charge in [0.2, 0.25) is 5.76 Å². The smallest absolute Gasteiger partial charge is 0.318 e. The molecule has 7 heteroatoms. The van der Waals surface area contributed by atoms with E-state index >= 15 is 0 Å². The number of amides is 1. The first-order chi connectivity index (χ1) is 10.6. The summed E-state index contributed by atoms with van der Waals surface area (Å²) in [5.74, 6) is -0.778. The average Bonchev–Trinajstić information content (AvgIpc) is 3.04. The zero-order valence-electron chi connectivity index (χ0n) is 11.7.